The molecule has 2 heterocycles. The molecule has 25 heteroatoms. The number of benzene rings is 2. The first kappa shape index (κ1) is 58.6. The van der Waals surface area contributed by atoms with E-state index in [1.165, 1.54) is 29.2 Å². The zero-order valence-corrected chi connectivity index (χ0v) is 41.9. The Bertz CT molecular complexity index is 2290. The molecule has 0 radical (unpaired) electrons. The number of aromatic hydroxyl groups is 1. The summed E-state index contributed by atoms with van der Waals surface area (Å²) in [5.41, 5.74) is 23.2. The number of carbonyl (C=O) groups excluding carboxylic acids is 8. The Kier molecular flexibility index (Phi) is 22.7. The first-order chi connectivity index (χ1) is 34.6. The van der Waals surface area contributed by atoms with Crippen LogP contribution in [0.5, 0.6) is 5.75 Å². The van der Waals surface area contributed by atoms with E-state index in [-0.39, 0.29) is 82.0 Å². The summed E-state index contributed by atoms with van der Waals surface area (Å²) in [5.74, 6) is -8.37. The SMILES string of the molecule is CC[C@H](C)[C@H](NC(=O)[C@@H]1C[C@@H](O)CN1C(=O)[C@@H]1CCCN1C(=O)[C@H](Cc1ccccc1)NC(=O)[C@H](Cc1ccc(O)cc1)NC(=O)[C@H](CCC(N)=O)NC(=O)[C@H](CCCN=C(N)N)NC(=O)[C@@H](N)CS)C(=O)O. The second-order valence-corrected chi connectivity index (χ2v) is 18.7. The number of phenolic OH excluding ortho intramolecular Hbond substituents is 1. The maximum atomic E-state index is 14.9. The van der Waals surface area contributed by atoms with E-state index in [1.54, 1.807) is 44.2 Å². The average Bonchev–Trinajstić information content (AvgIpc) is 4.02. The number of nitrogens with one attached hydrogen (secondary N) is 5. The summed E-state index contributed by atoms with van der Waals surface area (Å²) < 4.78 is 0. The number of likely N-dealkylation sites (tertiary alicyclic amines) is 2. The van der Waals surface area contributed by atoms with E-state index < -0.39 is 120 Å². The van der Waals surface area contributed by atoms with Crippen molar-refractivity contribution in [2.75, 3.05) is 25.4 Å². The van der Waals surface area contributed by atoms with Crippen LogP contribution in [0, 0.1) is 5.92 Å². The Morgan fingerprint density at radius 2 is 1.34 bits per heavy atom. The topological polar surface area (TPSA) is 397 Å². The largest absolute Gasteiger partial charge is 0.508 e. The van der Waals surface area contributed by atoms with Crippen LogP contribution in [0.3, 0.4) is 0 Å². The van der Waals surface area contributed by atoms with Crippen LogP contribution in [-0.2, 0) is 56.0 Å². The van der Waals surface area contributed by atoms with Gasteiger partial charge in [-0.15, -0.1) is 0 Å². The third kappa shape index (κ3) is 17.6. The third-order valence-corrected chi connectivity index (χ3v) is 13.2. The van der Waals surface area contributed by atoms with Gasteiger partial charge in [-0.25, -0.2) is 4.79 Å². The van der Waals surface area contributed by atoms with Gasteiger partial charge in [0.25, 0.3) is 0 Å². The molecule has 0 aromatic heterocycles. The van der Waals surface area contributed by atoms with E-state index in [1.807, 2.05) is 0 Å². The number of hydrogen-bond donors (Lipinski definition) is 13. The molecular formula is C48H70N12O12S. The van der Waals surface area contributed by atoms with Crippen LogP contribution in [0.25, 0.3) is 0 Å². The summed E-state index contributed by atoms with van der Waals surface area (Å²) in [6, 6.07) is 3.99. The van der Waals surface area contributed by atoms with Crippen molar-refractivity contribution in [3.05, 3.63) is 65.7 Å². The summed E-state index contributed by atoms with van der Waals surface area (Å²) in [4.78, 5) is 129. The summed E-state index contributed by atoms with van der Waals surface area (Å²) in [6.07, 6.45) is -1.20. The van der Waals surface area contributed by atoms with Gasteiger partial charge in [-0.2, -0.15) is 12.6 Å². The molecule has 4 rings (SSSR count). The molecule has 2 aromatic carbocycles. The fourth-order valence-electron chi connectivity index (χ4n) is 8.55. The van der Waals surface area contributed by atoms with Gasteiger partial charge in [0.15, 0.2) is 5.96 Å². The molecule has 0 unspecified atom stereocenters. The van der Waals surface area contributed by atoms with E-state index in [0.717, 1.165) is 4.90 Å². The van der Waals surface area contributed by atoms with E-state index in [4.69, 9.17) is 22.9 Å². The normalized spacial score (nSPS) is 19.2. The quantitative estimate of drug-likeness (QED) is 0.0187. The number of amides is 8. The fraction of sp³-hybridized carbons (Fsp3) is 0.542. The van der Waals surface area contributed by atoms with Gasteiger partial charge >= 0.3 is 5.97 Å². The number of aliphatic hydroxyl groups is 1. The van der Waals surface area contributed by atoms with Crippen LogP contribution in [0.1, 0.15) is 76.3 Å². The van der Waals surface area contributed by atoms with Crippen molar-refractivity contribution in [1.29, 1.82) is 0 Å². The Hall–Kier alpha value is -6.99. The highest BCUT2D eigenvalue weighted by Crippen LogP contribution is 2.27. The summed E-state index contributed by atoms with van der Waals surface area (Å²) in [6.45, 7) is 3.34. The van der Waals surface area contributed by atoms with Crippen LogP contribution in [-0.4, -0.2) is 164 Å². The smallest absolute Gasteiger partial charge is 0.326 e. The molecule has 8 amide bonds. The minimum absolute atomic E-state index is 0.0223. The predicted octanol–water partition coefficient (Wildman–Crippen LogP) is -2.74. The number of primary amides is 1. The molecule has 0 aliphatic carbocycles. The molecule has 0 saturated carbocycles. The van der Waals surface area contributed by atoms with Crippen LogP contribution in [0.15, 0.2) is 59.6 Å². The van der Waals surface area contributed by atoms with Crippen molar-refractivity contribution in [2.45, 2.75) is 132 Å². The lowest BCUT2D eigenvalue weighted by Crippen LogP contribution is -2.60. The number of aliphatic hydroxyl groups excluding tert-OH is 1. The number of aliphatic carboxylic acids is 1. The average molecular weight is 1040 g/mol. The molecule has 24 nitrogen and oxygen atoms in total. The Balaban J connectivity index is 1.65. The number of nitrogens with zero attached hydrogens (tertiary/aromatic N) is 3. The van der Waals surface area contributed by atoms with Crippen LogP contribution >= 0.6 is 12.6 Å². The molecule has 73 heavy (non-hydrogen) atoms. The fourth-order valence-corrected chi connectivity index (χ4v) is 8.72. The number of hydrogen-bond acceptors (Lipinski definition) is 14. The van der Waals surface area contributed by atoms with Gasteiger partial charge in [0.05, 0.1) is 12.1 Å². The number of nitrogens with two attached hydrogens (primary N) is 4. The van der Waals surface area contributed by atoms with Gasteiger partial charge in [-0.3, -0.25) is 43.3 Å². The zero-order valence-electron chi connectivity index (χ0n) is 41.0. The lowest BCUT2D eigenvalue weighted by atomic mass is 9.98. The standard InChI is InChI=1S/C48H70N12O12S/c1-3-26(2)39(47(71)72)58-44(68)37-23-30(62)24-60(37)46(70)36-12-8-20-59(36)45(69)35(22-27-9-5-4-6-10-27)57-43(67)34(21-28-13-15-29(61)16-14-28)56-42(66)33(17-18-38(50)63)55-41(65)32(11-7-19-53-48(51)52)54-40(64)31(49)25-73/h4-6,9-10,13-16,26,30-37,39,61-62,73H,3,7-8,11-12,17-25,49H2,1-2H3,(H2,50,63)(H,54,64)(H,55,65)(H,56,66)(H,57,67)(H,58,68)(H,71,72)(H4,51,52,53)/t26-,30+,31-,32-,33-,34-,35-,36-,37-,39-/m0/s1. The van der Waals surface area contributed by atoms with Crippen LogP contribution < -0.4 is 49.5 Å². The first-order valence-electron chi connectivity index (χ1n) is 24.2. The number of guanidine groups is 1. The number of β-amino-alcohol motifs (C(OH)–C–C–N with tert-alkyl or cyclic N) is 1. The Morgan fingerprint density at radius 1 is 0.767 bits per heavy atom. The second-order valence-electron chi connectivity index (χ2n) is 18.3. The van der Waals surface area contributed by atoms with E-state index in [2.05, 4.69) is 44.2 Å². The monoisotopic (exact) mass is 1040 g/mol. The molecular weight excluding hydrogens is 969 g/mol. The molecule has 10 atom stereocenters. The van der Waals surface area contributed by atoms with Crippen molar-refractivity contribution in [3.8, 4) is 5.75 Å². The minimum atomic E-state index is -1.52. The van der Waals surface area contributed by atoms with E-state index in [9.17, 15) is 58.5 Å². The zero-order chi connectivity index (χ0) is 53.9. The third-order valence-electron chi connectivity index (χ3n) is 12.8. The number of aliphatic imine (C=N–C) groups is 1. The molecule has 2 aliphatic heterocycles. The molecule has 0 bridgehead atoms. The van der Waals surface area contributed by atoms with Crippen molar-refractivity contribution in [2.24, 2.45) is 33.8 Å². The van der Waals surface area contributed by atoms with Gasteiger partial charge < -0.3 is 74.6 Å². The number of phenols is 1. The van der Waals surface area contributed by atoms with Crippen molar-refractivity contribution < 1.29 is 58.5 Å². The molecule has 16 N–H and O–H groups in total. The van der Waals surface area contributed by atoms with Crippen molar-refractivity contribution in [1.82, 2.24) is 36.4 Å². The van der Waals surface area contributed by atoms with Gasteiger partial charge in [0.2, 0.25) is 47.3 Å². The summed E-state index contributed by atoms with van der Waals surface area (Å²) in [5, 5.41) is 43.6. The highest BCUT2D eigenvalue weighted by atomic mass is 32.1. The van der Waals surface area contributed by atoms with Crippen molar-refractivity contribution >= 4 is 71.8 Å². The number of carboxylic acids is 1. The molecule has 2 aromatic rings. The molecule has 2 fully saturated rings. The number of carboxylic acid groups (broad SMARTS) is 1. The highest BCUT2D eigenvalue weighted by molar-refractivity contribution is 7.80. The number of thiol groups is 1. The van der Waals surface area contributed by atoms with Crippen LogP contribution in [0.2, 0.25) is 0 Å². The van der Waals surface area contributed by atoms with Gasteiger partial charge in [-0.05, 0) is 61.3 Å². The van der Waals surface area contributed by atoms with E-state index in [0.29, 0.717) is 24.0 Å². The Labute approximate surface area is 428 Å². The molecule has 2 aliphatic rings. The van der Waals surface area contributed by atoms with Gasteiger partial charge in [-0.1, -0.05) is 62.7 Å². The summed E-state index contributed by atoms with van der Waals surface area (Å²) in [7, 11) is 0. The maximum Gasteiger partial charge on any atom is 0.326 e. The van der Waals surface area contributed by atoms with Crippen molar-refractivity contribution in [3.63, 3.8) is 0 Å². The predicted molar refractivity (Wildman–Crippen MR) is 270 cm³/mol. The van der Waals surface area contributed by atoms with Crippen LogP contribution in [0.4, 0.5) is 0 Å². The maximum absolute atomic E-state index is 14.9. The minimum Gasteiger partial charge on any atom is -0.508 e. The first-order valence-corrected chi connectivity index (χ1v) is 24.8. The second kappa shape index (κ2) is 28.3. The Morgan fingerprint density at radius 3 is 1.95 bits per heavy atom. The van der Waals surface area contributed by atoms with Gasteiger partial charge in [0.1, 0.15) is 48.0 Å². The van der Waals surface area contributed by atoms with E-state index >= 15 is 0 Å². The number of carbonyl (C=O) groups is 9. The highest BCUT2D eigenvalue weighted by Gasteiger charge is 2.46. The number of rotatable bonds is 27. The lowest BCUT2D eigenvalue weighted by molar-refractivity contribution is -0.149. The van der Waals surface area contributed by atoms with Gasteiger partial charge in [0, 0.05) is 51.1 Å². The summed E-state index contributed by atoms with van der Waals surface area (Å²) >= 11 is 4.05. The lowest BCUT2D eigenvalue weighted by Gasteiger charge is -2.34. The molecule has 2 saturated heterocycles. The molecule has 0 spiro atoms. The molecule has 400 valence electrons.